The van der Waals surface area contributed by atoms with E-state index in [1.165, 1.54) is 29.9 Å². The fourth-order valence-corrected chi connectivity index (χ4v) is 8.34. The Morgan fingerprint density at radius 3 is 2.40 bits per heavy atom. The molecular formula is C33H35N11O12P2. The van der Waals surface area contributed by atoms with Gasteiger partial charge in [0.2, 0.25) is 0 Å². The second-order valence-corrected chi connectivity index (χ2v) is 15.8. The van der Waals surface area contributed by atoms with E-state index in [-0.39, 0.29) is 61.6 Å². The van der Waals surface area contributed by atoms with Crippen molar-refractivity contribution >= 4 is 49.7 Å². The molecule has 2 saturated heterocycles. The van der Waals surface area contributed by atoms with Crippen molar-refractivity contribution in [1.29, 1.82) is 10.5 Å². The van der Waals surface area contributed by atoms with E-state index in [0.717, 1.165) is 0 Å². The van der Waals surface area contributed by atoms with Gasteiger partial charge in [0.05, 0.1) is 76.5 Å². The number of H-pyrrole nitrogens is 1. The molecule has 2 aliphatic heterocycles. The number of benzene rings is 1. The van der Waals surface area contributed by atoms with Gasteiger partial charge in [0.1, 0.15) is 31.0 Å². The summed E-state index contributed by atoms with van der Waals surface area (Å²) >= 11 is 0. The highest BCUT2D eigenvalue weighted by molar-refractivity contribution is 7.48. The van der Waals surface area contributed by atoms with Gasteiger partial charge in [-0.3, -0.25) is 41.3 Å². The van der Waals surface area contributed by atoms with Crippen molar-refractivity contribution in [3.05, 3.63) is 71.6 Å². The van der Waals surface area contributed by atoms with Crippen molar-refractivity contribution in [2.75, 3.05) is 31.7 Å². The third-order valence-corrected chi connectivity index (χ3v) is 11.4. The van der Waals surface area contributed by atoms with Gasteiger partial charge in [-0.25, -0.2) is 34.0 Å². The lowest BCUT2D eigenvalue weighted by Gasteiger charge is -2.25. The normalized spacial score (nSPS) is 22.6. The maximum Gasteiger partial charge on any atom is 0.475 e. The van der Waals surface area contributed by atoms with Crippen LogP contribution in [0.1, 0.15) is 54.9 Å². The van der Waals surface area contributed by atoms with Gasteiger partial charge in [0, 0.05) is 12.0 Å². The van der Waals surface area contributed by atoms with E-state index < -0.39 is 64.5 Å². The Morgan fingerprint density at radius 1 is 0.897 bits per heavy atom. The molecule has 3 N–H and O–H groups in total. The van der Waals surface area contributed by atoms with E-state index in [0.29, 0.717) is 24.1 Å². The molecule has 6 heterocycles. The smallest absolute Gasteiger partial charge is 0.352 e. The Kier molecular flexibility index (Phi) is 12.8. The van der Waals surface area contributed by atoms with Gasteiger partial charge >= 0.3 is 15.6 Å². The fourth-order valence-electron chi connectivity index (χ4n) is 6.20. The molecule has 0 bridgehead atoms. The molecule has 2 aliphatic rings. The lowest BCUT2D eigenvalue weighted by atomic mass is 10.2. The summed E-state index contributed by atoms with van der Waals surface area (Å²) < 4.78 is 69.8. The molecule has 304 valence electrons. The topological polar surface area (TPSA) is 303 Å². The lowest BCUT2D eigenvalue weighted by molar-refractivity contribution is -0.0508. The van der Waals surface area contributed by atoms with E-state index in [9.17, 15) is 23.6 Å². The van der Waals surface area contributed by atoms with Crippen LogP contribution in [0.3, 0.4) is 0 Å². The number of ether oxygens (including phenoxy) is 2. The fraction of sp³-hybridized carbons (Fsp3) is 0.424. The van der Waals surface area contributed by atoms with Crippen molar-refractivity contribution in [1.82, 2.24) is 39.0 Å². The number of phosphoric acid groups is 2. The van der Waals surface area contributed by atoms with Gasteiger partial charge in [-0.15, -0.1) is 0 Å². The highest BCUT2D eigenvalue weighted by Crippen LogP contribution is 2.54. The molecule has 7 atom stereocenters. The van der Waals surface area contributed by atoms with Gasteiger partial charge < -0.3 is 24.7 Å². The first-order valence-corrected chi connectivity index (χ1v) is 20.7. The molecule has 2 fully saturated rings. The minimum absolute atomic E-state index is 0.0863. The second-order valence-electron chi connectivity index (χ2n) is 12.7. The van der Waals surface area contributed by atoms with Crippen LogP contribution in [0, 0.1) is 22.7 Å². The van der Waals surface area contributed by atoms with E-state index in [2.05, 4.69) is 35.2 Å². The van der Waals surface area contributed by atoms with Crippen LogP contribution in [0.4, 0.5) is 5.82 Å². The predicted octanol–water partition coefficient (Wildman–Crippen LogP) is 3.66. The van der Waals surface area contributed by atoms with E-state index in [4.69, 9.17) is 42.6 Å². The molecule has 7 rings (SSSR count). The van der Waals surface area contributed by atoms with Crippen LogP contribution < -0.4 is 10.9 Å². The molecule has 1 amide bonds. The summed E-state index contributed by atoms with van der Waals surface area (Å²) in [5.74, 6) is -0.316. The standard InChI is InChI=1S/C33H35N11O12P2/c34-10-4-12-50-57(47,48)52-16-24-23(14-26(55-24)44-19-40-27-29(36-17-37-30(27)44)42-32(45)21-6-2-1-3-7-21)56-58(49,51-13-5-11-35)53-15-22-8-9-25(54-22)43-20-41-28-31(43)38-18-39-33(28)46/h1-3,6-7,17-20,22-26H,4-5,8-9,12-16H2,(H,47,48)(H,38,39,46)(H,36,37,42,45)/t22?,23-,24?,25?,26?,58?/m0/s1. The quantitative estimate of drug-likeness (QED) is 0.0837. The number of imidazole rings is 2. The molecule has 6 unspecified atom stereocenters. The molecule has 58 heavy (non-hydrogen) atoms. The number of phosphoric ester groups is 2. The van der Waals surface area contributed by atoms with E-state index >= 15 is 0 Å². The number of aromatic nitrogens is 8. The minimum atomic E-state index is -4.69. The van der Waals surface area contributed by atoms with Crippen LogP contribution in [0.5, 0.6) is 0 Å². The van der Waals surface area contributed by atoms with Crippen molar-refractivity contribution in [2.24, 2.45) is 0 Å². The van der Waals surface area contributed by atoms with E-state index in [1.54, 1.807) is 41.0 Å². The van der Waals surface area contributed by atoms with Crippen LogP contribution in [0.25, 0.3) is 22.3 Å². The number of nitrogens with one attached hydrogen (secondary N) is 2. The highest BCUT2D eigenvalue weighted by atomic mass is 31.2. The Hall–Kier alpha value is -5.29. The molecular weight excluding hydrogens is 804 g/mol. The predicted molar refractivity (Wildman–Crippen MR) is 196 cm³/mol. The summed E-state index contributed by atoms with van der Waals surface area (Å²) in [6, 6.07) is 12.2. The maximum absolute atomic E-state index is 14.3. The zero-order chi connectivity index (χ0) is 40.7. The summed E-state index contributed by atoms with van der Waals surface area (Å²) in [6.45, 7) is -1.62. The summed E-state index contributed by atoms with van der Waals surface area (Å²) in [5.41, 5.74) is 0.895. The zero-order valence-corrected chi connectivity index (χ0v) is 32.1. The lowest BCUT2D eigenvalue weighted by Crippen LogP contribution is -2.29. The average molecular weight is 840 g/mol. The Bertz CT molecular complexity index is 2490. The molecule has 1 aromatic carbocycles. The van der Waals surface area contributed by atoms with Crippen LogP contribution in [0.2, 0.25) is 0 Å². The largest absolute Gasteiger partial charge is 0.475 e. The van der Waals surface area contributed by atoms with Crippen molar-refractivity contribution in [2.45, 2.75) is 62.9 Å². The zero-order valence-electron chi connectivity index (χ0n) is 30.3. The number of carbonyl (C=O) groups is 1. The molecule has 0 aliphatic carbocycles. The first kappa shape index (κ1) is 40.9. The molecule has 0 radical (unpaired) electrons. The number of fused-ring (bicyclic) bond motifs is 2. The highest BCUT2D eigenvalue weighted by Gasteiger charge is 2.45. The molecule has 0 saturated carbocycles. The van der Waals surface area contributed by atoms with Gasteiger partial charge in [-0.2, -0.15) is 10.5 Å². The summed E-state index contributed by atoms with van der Waals surface area (Å²) in [6.07, 6.45) is 1.23. The summed E-state index contributed by atoms with van der Waals surface area (Å²) in [4.78, 5) is 59.0. The van der Waals surface area contributed by atoms with Gasteiger partial charge in [0.25, 0.3) is 11.5 Å². The van der Waals surface area contributed by atoms with E-state index in [1.807, 2.05) is 6.07 Å². The van der Waals surface area contributed by atoms with Crippen LogP contribution in [-0.2, 0) is 41.2 Å². The molecule has 5 aromatic rings. The Morgan fingerprint density at radius 2 is 1.62 bits per heavy atom. The Balaban J connectivity index is 1.09. The monoisotopic (exact) mass is 839 g/mol. The number of aromatic amines is 1. The van der Waals surface area contributed by atoms with Crippen LogP contribution in [-0.4, -0.2) is 94.6 Å². The third kappa shape index (κ3) is 9.52. The number of anilines is 1. The number of rotatable bonds is 18. The third-order valence-electron chi connectivity index (χ3n) is 8.89. The van der Waals surface area contributed by atoms with Crippen molar-refractivity contribution in [3.8, 4) is 12.1 Å². The van der Waals surface area contributed by atoms with Crippen LogP contribution in [0.15, 0.2) is 60.4 Å². The molecule has 25 heteroatoms. The molecule has 23 nitrogen and oxygen atoms in total. The average Bonchev–Trinajstić information content (AvgIpc) is 4.03. The van der Waals surface area contributed by atoms with Gasteiger partial charge in [-0.05, 0) is 25.0 Å². The molecule has 0 spiro atoms. The number of hydrogen-bond acceptors (Lipinski definition) is 18. The maximum atomic E-state index is 14.3. The van der Waals surface area contributed by atoms with Crippen molar-refractivity contribution < 1.29 is 50.9 Å². The summed E-state index contributed by atoms with van der Waals surface area (Å²) in [7, 11) is -9.24. The van der Waals surface area contributed by atoms with Crippen molar-refractivity contribution in [3.63, 3.8) is 0 Å². The van der Waals surface area contributed by atoms with Crippen LogP contribution >= 0.6 is 15.6 Å². The number of nitriles is 2. The van der Waals surface area contributed by atoms with Gasteiger partial charge in [-0.1, -0.05) is 18.2 Å². The number of amides is 1. The number of hydrogen-bond donors (Lipinski definition) is 3. The minimum Gasteiger partial charge on any atom is -0.352 e. The summed E-state index contributed by atoms with van der Waals surface area (Å²) in [5, 5.41) is 20.7. The number of nitrogens with zero attached hydrogens (tertiary/aromatic N) is 9. The molecule has 4 aromatic heterocycles. The van der Waals surface area contributed by atoms with Gasteiger partial charge in [0.15, 0.2) is 28.1 Å². The number of carbonyl (C=O) groups excluding carboxylic acids is 1. The second kappa shape index (κ2) is 18.1. The Labute approximate surface area is 328 Å². The first-order chi connectivity index (χ1) is 28.1. The SMILES string of the molecule is N#CCCOP(=O)(O)OCC1OC(n2cnc3c(NC(=O)c4ccccc4)ncnc32)C[C@@H]1OP(=O)(OCCC#N)OCC1CCC(n2cnc3c(=O)[nH]cnc32)O1. The first-order valence-electron chi connectivity index (χ1n) is 17.7.